The van der Waals surface area contributed by atoms with Gasteiger partial charge < -0.3 is 4.90 Å². The largest absolute Gasteiger partial charge is 0.340 e. The fourth-order valence-corrected chi connectivity index (χ4v) is 2.34. The van der Waals surface area contributed by atoms with Crippen LogP contribution in [0.5, 0.6) is 0 Å². The maximum Gasteiger partial charge on any atom is 0.247 e. The molecule has 90 valence electrons. The molecule has 1 amide bonds. The topological polar surface area (TPSA) is 38.1 Å². The number of nitrogens with zero attached hydrogens (tertiary/aromatic N) is 3. The molecule has 0 spiro atoms. The Morgan fingerprint density at radius 3 is 3.06 bits per heavy atom. The Morgan fingerprint density at radius 2 is 2.47 bits per heavy atom. The summed E-state index contributed by atoms with van der Waals surface area (Å²) in [6.07, 6.45) is 3.49. The van der Waals surface area contributed by atoms with Gasteiger partial charge in [0.25, 0.3) is 0 Å². The van der Waals surface area contributed by atoms with Crippen molar-refractivity contribution in [3.63, 3.8) is 0 Å². The molecule has 0 N–H and O–H groups in total. The SMILES string of the molecule is C[C@H](C(=O)N(C)Cc1ccsc1)n1cccn1. The number of thiophene rings is 1. The highest BCUT2D eigenvalue weighted by Crippen LogP contribution is 2.12. The Labute approximate surface area is 104 Å². The first-order chi connectivity index (χ1) is 8.18. The number of carbonyl (C=O) groups excluding carboxylic acids is 1. The second-order valence-corrected chi connectivity index (χ2v) is 4.77. The van der Waals surface area contributed by atoms with E-state index in [2.05, 4.69) is 10.5 Å². The van der Waals surface area contributed by atoms with Crippen molar-refractivity contribution in [2.24, 2.45) is 0 Å². The highest BCUT2D eigenvalue weighted by molar-refractivity contribution is 7.07. The van der Waals surface area contributed by atoms with E-state index in [9.17, 15) is 4.79 Å². The third-order valence-corrected chi connectivity index (χ3v) is 3.39. The maximum absolute atomic E-state index is 12.1. The van der Waals surface area contributed by atoms with Gasteiger partial charge in [0.05, 0.1) is 0 Å². The summed E-state index contributed by atoms with van der Waals surface area (Å²) in [5, 5.41) is 8.16. The third kappa shape index (κ3) is 2.74. The van der Waals surface area contributed by atoms with Gasteiger partial charge in [0, 0.05) is 26.0 Å². The predicted molar refractivity (Wildman–Crippen MR) is 67.7 cm³/mol. The average Bonchev–Trinajstić information content (AvgIpc) is 2.99. The summed E-state index contributed by atoms with van der Waals surface area (Å²) in [6.45, 7) is 2.51. The van der Waals surface area contributed by atoms with Crippen molar-refractivity contribution in [3.8, 4) is 0 Å². The van der Waals surface area contributed by atoms with Crippen LogP contribution in [-0.2, 0) is 11.3 Å². The van der Waals surface area contributed by atoms with Crippen LogP contribution >= 0.6 is 11.3 Å². The second-order valence-electron chi connectivity index (χ2n) is 3.99. The Balaban J connectivity index is 2.00. The van der Waals surface area contributed by atoms with Gasteiger partial charge in [0.2, 0.25) is 5.91 Å². The van der Waals surface area contributed by atoms with E-state index in [4.69, 9.17) is 0 Å². The lowest BCUT2D eigenvalue weighted by atomic mass is 10.2. The summed E-state index contributed by atoms with van der Waals surface area (Å²) in [6, 6.07) is 3.60. The molecule has 5 heteroatoms. The first kappa shape index (κ1) is 11.9. The molecule has 0 unspecified atom stereocenters. The van der Waals surface area contributed by atoms with Crippen molar-refractivity contribution < 1.29 is 4.79 Å². The third-order valence-electron chi connectivity index (χ3n) is 2.66. The van der Waals surface area contributed by atoms with Gasteiger partial charge in [-0.3, -0.25) is 9.48 Å². The fourth-order valence-electron chi connectivity index (χ4n) is 1.68. The molecule has 2 aromatic heterocycles. The molecule has 0 aromatic carbocycles. The Hall–Kier alpha value is -1.62. The van der Waals surface area contributed by atoms with Crippen LogP contribution in [0, 0.1) is 0 Å². The minimum absolute atomic E-state index is 0.0694. The fraction of sp³-hybridized carbons (Fsp3) is 0.333. The highest BCUT2D eigenvalue weighted by Gasteiger charge is 2.19. The highest BCUT2D eigenvalue weighted by atomic mass is 32.1. The summed E-state index contributed by atoms with van der Waals surface area (Å²) < 4.78 is 1.67. The Kier molecular flexibility index (Phi) is 3.58. The minimum atomic E-state index is -0.256. The molecule has 0 bridgehead atoms. The molecule has 0 fully saturated rings. The van der Waals surface area contributed by atoms with Crippen LogP contribution in [0.1, 0.15) is 18.5 Å². The van der Waals surface area contributed by atoms with Gasteiger partial charge in [0.1, 0.15) is 6.04 Å². The molecular formula is C12H15N3OS. The number of hydrogen-bond donors (Lipinski definition) is 0. The normalized spacial score (nSPS) is 12.4. The zero-order valence-electron chi connectivity index (χ0n) is 9.91. The molecule has 0 saturated heterocycles. The summed E-state index contributed by atoms with van der Waals surface area (Å²) in [5.41, 5.74) is 1.17. The zero-order valence-corrected chi connectivity index (χ0v) is 10.7. The molecule has 2 aromatic rings. The molecule has 0 saturated carbocycles. The molecule has 1 atom stereocenters. The van der Waals surface area contributed by atoms with Crippen molar-refractivity contribution in [2.45, 2.75) is 19.5 Å². The van der Waals surface area contributed by atoms with E-state index in [0.717, 1.165) is 0 Å². The Morgan fingerprint density at radius 1 is 1.65 bits per heavy atom. The Bertz CT molecular complexity index is 464. The van der Waals surface area contributed by atoms with Gasteiger partial charge in [0.15, 0.2) is 0 Å². The molecule has 17 heavy (non-hydrogen) atoms. The molecule has 2 rings (SSSR count). The number of rotatable bonds is 4. The first-order valence-electron chi connectivity index (χ1n) is 5.43. The maximum atomic E-state index is 12.1. The molecule has 4 nitrogen and oxygen atoms in total. The van der Waals surface area contributed by atoms with Gasteiger partial charge in [-0.2, -0.15) is 16.4 Å². The standard InChI is InChI=1S/C12H15N3OS/c1-10(15-6-3-5-13-15)12(16)14(2)8-11-4-7-17-9-11/h3-7,9-10H,8H2,1-2H3/t10-/m1/s1. The first-order valence-corrected chi connectivity index (χ1v) is 6.38. The molecule has 2 heterocycles. The summed E-state index contributed by atoms with van der Waals surface area (Å²) in [4.78, 5) is 13.9. The number of amides is 1. The van der Waals surface area contributed by atoms with Crippen molar-refractivity contribution in [3.05, 3.63) is 40.8 Å². The zero-order chi connectivity index (χ0) is 12.3. The molecule has 0 aliphatic carbocycles. The van der Waals surface area contributed by atoms with E-state index < -0.39 is 0 Å². The second kappa shape index (κ2) is 5.14. The minimum Gasteiger partial charge on any atom is -0.340 e. The van der Waals surface area contributed by atoms with Crippen LogP contribution in [0.2, 0.25) is 0 Å². The number of hydrogen-bond acceptors (Lipinski definition) is 3. The van der Waals surface area contributed by atoms with Crippen LogP contribution in [0.25, 0.3) is 0 Å². The summed E-state index contributed by atoms with van der Waals surface area (Å²) in [5.74, 6) is 0.0694. The van der Waals surface area contributed by atoms with Gasteiger partial charge in [-0.15, -0.1) is 0 Å². The number of aromatic nitrogens is 2. The van der Waals surface area contributed by atoms with Crippen molar-refractivity contribution in [1.82, 2.24) is 14.7 Å². The van der Waals surface area contributed by atoms with Crippen molar-refractivity contribution >= 4 is 17.2 Å². The van der Waals surface area contributed by atoms with Gasteiger partial charge in [-0.05, 0) is 35.4 Å². The monoisotopic (exact) mass is 249 g/mol. The van der Waals surface area contributed by atoms with E-state index in [1.54, 1.807) is 33.3 Å². The van der Waals surface area contributed by atoms with E-state index in [1.807, 2.05) is 31.5 Å². The summed E-state index contributed by atoms with van der Waals surface area (Å²) in [7, 11) is 1.82. The summed E-state index contributed by atoms with van der Waals surface area (Å²) >= 11 is 1.64. The lowest BCUT2D eigenvalue weighted by Crippen LogP contribution is -2.32. The van der Waals surface area contributed by atoms with E-state index in [0.29, 0.717) is 6.54 Å². The predicted octanol–water partition coefficient (Wildman–Crippen LogP) is 2.16. The molecule has 0 radical (unpaired) electrons. The smallest absolute Gasteiger partial charge is 0.247 e. The average molecular weight is 249 g/mol. The number of likely N-dealkylation sites (N-methyl/N-ethyl adjacent to an activating group) is 1. The quantitative estimate of drug-likeness (QED) is 0.833. The van der Waals surface area contributed by atoms with Gasteiger partial charge in [-0.25, -0.2) is 0 Å². The van der Waals surface area contributed by atoms with Gasteiger partial charge >= 0.3 is 0 Å². The van der Waals surface area contributed by atoms with Crippen LogP contribution in [0.4, 0.5) is 0 Å². The van der Waals surface area contributed by atoms with Crippen LogP contribution in [-0.4, -0.2) is 27.6 Å². The molecule has 0 aliphatic rings. The lowest BCUT2D eigenvalue weighted by molar-refractivity contribution is -0.133. The molecule has 0 aliphatic heterocycles. The van der Waals surface area contributed by atoms with Crippen LogP contribution < -0.4 is 0 Å². The van der Waals surface area contributed by atoms with E-state index >= 15 is 0 Å². The lowest BCUT2D eigenvalue weighted by Gasteiger charge is -2.21. The molecular weight excluding hydrogens is 234 g/mol. The number of carbonyl (C=O) groups is 1. The van der Waals surface area contributed by atoms with Crippen molar-refractivity contribution in [1.29, 1.82) is 0 Å². The van der Waals surface area contributed by atoms with E-state index in [1.165, 1.54) is 5.56 Å². The van der Waals surface area contributed by atoms with E-state index in [-0.39, 0.29) is 11.9 Å². The van der Waals surface area contributed by atoms with Crippen molar-refractivity contribution in [2.75, 3.05) is 7.05 Å². The van der Waals surface area contributed by atoms with Crippen LogP contribution in [0.15, 0.2) is 35.3 Å². The van der Waals surface area contributed by atoms with Gasteiger partial charge in [-0.1, -0.05) is 0 Å². The van der Waals surface area contributed by atoms with Crippen LogP contribution in [0.3, 0.4) is 0 Å².